The Kier molecular flexibility index (Phi) is 6.70. The van der Waals surface area contributed by atoms with Crippen molar-refractivity contribution in [3.05, 3.63) is 10.8 Å². The average molecular weight is 344 g/mol. The van der Waals surface area contributed by atoms with Gasteiger partial charge in [0.1, 0.15) is 22.4 Å². The standard InChI is InChI=1S/C13H22BrN5O/c1-5-15-12-11(14)13(18-8-17-12)19(4)7-10(20)16-6-9(2)3/h8-9H,5-7H2,1-4H3,(H,16,20)(H,15,17,18). The monoisotopic (exact) mass is 343 g/mol. The quantitative estimate of drug-likeness (QED) is 0.790. The molecule has 0 bridgehead atoms. The number of anilines is 2. The van der Waals surface area contributed by atoms with Crippen molar-refractivity contribution in [1.82, 2.24) is 15.3 Å². The molecule has 0 radical (unpaired) electrons. The summed E-state index contributed by atoms with van der Waals surface area (Å²) in [6.07, 6.45) is 1.49. The van der Waals surface area contributed by atoms with Gasteiger partial charge >= 0.3 is 0 Å². The topological polar surface area (TPSA) is 70.2 Å². The summed E-state index contributed by atoms with van der Waals surface area (Å²) in [4.78, 5) is 22.0. The molecule has 112 valence electrons. The molecule has 0 aromatic carbocycles. The number of hydrogen-bond acceptors (Lipinski definition) is 5. The molecule has 0 aliphatic rings. The Morgan fingerprint density at radius 1 is 1.45 bits per heavy atom. The Morgan fingerprint density at radius 2 is 2.15 bits per heavy atom. The SMILES string of the molecule is CCNc1ncnc(N(C)CC(=O)NCC(C)C)c1Br. The van der Waals surface area contributed by atoms with Crippen LogP contribution in [0.25, 0.3) is 0 Å². The van der Waals surface area contributed by atoms with E-state index in [1.807, 2.05) is 14.0 Å². The van der Waals surface area contributed by atoms with E-state index in [0.717, 1.165) is 16.8 Å². The molecule has 1 rings (SSSR count). The lowest BCUT2D eigenvalue weighted by atomic mass is 10.2. The van der Waals surface area contributed by atoms with Gasteiger partial charge in [0.05, 0.1) is 6.54 Å². The zero-order valence-electron chi connectivity index (χ0n) is 12.4. The highest BCUT2D eigenvalue weighted by Crippen LogP contribution is 2.28. The van der Waals surface area contributed by atoms with Gasteiger partial charge in [-0.1, -0.05) is 13.8 Å². The summed E-state index contributed by atoms with van der Waals surface area (Å²) in [6.45, 7) is 7.83. The number of halogens is 1. The summed E-state index contributed by atoms with van der Waals surface area (Å²) in [5, 5.41) is 6.03. The fraction of sp³-hybridized carbons (Fsp3) is 0.615. The lowest BCUT2D eigenvalue weighted by Crippen LogP contribution is -2.37. The van der Waals surface area contributed by atoms with Crippen molar-refractivity contribution < 1.29 is 4.79 Å². The summed E-state index contributed by atoms with van der Waals surface area (Å²) >= 11 is 3.47. The van der Waals surface area contributed by atoms with Crippen LogP contribution in [0.3, 0.4) is 0 Å². The predicted molar refractivity (Wildman–Crippen MR) is 85.0 cm³/mol. The molecule has 2 N–H and O–H groups in total. The summed E-state index contributed by atoms with van der Waals surface area (Å²) in [7, 11) is 1.83. The second-order valence-electron chi connectivity index (χ2n) is 4.94. The number of aromatic nitrogens is 2. The maximum absolute atomic E-state index is 11.8. The third-order valence-electron chi connectivity index (χ3n) is 2.57. The lowest BCUT2D eigenvalue weighted by molar-refractivity contribution is -0.119. The Morgan fingerprint density at radius 3 is 2.75 bits per heavy atom. The lowest BCUT2D eigenvalue weighted by Gasteiger charge is -2.20. The van der Waals surface area contributed by atoms with E-state index in [4.69, 9.17) is 0 Å². The first-order valence-electron chi connectivity index (χ1n) is 6.67. The minimum Gasteiger partial charge on any atom is -0.369 e. The minimum atomic E-state index is -0.0169. The van der Waals surface area contributed by atoms with Crippen LogP contribution in [-0.2, 0) is 4.79 Å². The highest BCUT2D eigenvalue weighted by Gasteiger charge is 2.14. The van der Waals surface area contributed by atoms with Gasteiger partial charge in [0, 0.05) is 20.1 Å². The van der Waals surface area contributed by atoms with E-state index in [2.05, 4.69) is 50.4 Å². The first-order chi connectivity index (χ1) is 9.45. The number of amides is 1. The van der Waals surface area contributed by atoms with Crippen molar-refractivity contribution in [1.29, 1.82) is 0 Å². The van der Waals surface area contributed by atoms with E-state index in [1.165, 1.54) is 6.33 Å². The van der Waals surface area contributed by atoms with Gasteiger partial charge in [-0.2, -0.15) is 0 Å². The van der Waals surface area contributed by atoms with Gasteiger partial charge in [-0.25, -0.2) is 9.97 Å². The van der Waals surface area contributed by atoms with Crippen LogP contribution in [0.2, 0.25) is 0 Å². The second kappa shape index (κ2) is 8.04. The summed E-state index contributed by atoms with van der Waals surface area (Å²) < 4.78 is 0.765. The van der Waals surface area contributed by atoms with Gasteiger partial charge in [0.2, 0.25) is 5.91 Å². The fourth-order valence-electron chi connectivity index (χ4n) is 1.58. The fourth-order valence-corrected chi connectivity index (χ4v) is 2.23. The number of hydrogen-bond donors (Lipinski definition) is 2. The Bertz CT molecular complexity index is 452. The first-order valence-corrected chi connectivity index (χ1v) is 7.47. The van der Waals surface area contributed by atoms with Crippen LogP contribution in [0.15, 0.2) is 10.8 Å². The molecule has 1 aromatic heterocycles. The van der Waals surface area contributed by atoms with E-state index >= 15 is 0 Å². The average Bonchev–Trinajstić information content (AvgIpc) is 2.39. The normalized spacial score (nSPS) is 10.5. The second-order valence-corrected chi connectivity index (χ2v) is 5.74. The van der Waals surface area contributed by atoms with E-state index in [1.54, 1.807) is 4.90 Å². The van der Waals surface area contributed by atoms with Crippen LogP contribution >= 0.6 is 15.9 Å². The molecule has 0 saturated heterocycles. The number of nitrogens with one attached hydrogen (secondary N) is 2. The van der Waals surface area contributed by atoms with Crippen molar-refractivity contribution in [2.75, 3.05) is 36.9 Å². The zero-order valence-corrected chi connectivity index (χ0v) is 14.0. The van der Waals surface area contributed by atoms with Gasteiger partial charge < -0.3 is 15.5 Å². The molecule has 0 atom stereocenters. The predicted octanol–water partition coefficient (Wildman–Crippen LogP) is 1.88. The zero-order chi connectivity index (χ0) is 15.1. The van der Waals surface area contributed by atoms with Gasteiger partial charge in [0.25, 0.3) is 0 Å². The van der Waals surface area contributed by atoms with E-state index < -0.39 is 0 Å². The number of nitrogens with zero attached hydrogens (tertiary/aromatic N) is 3. The van der Waals surface area contributed by atoms with Crippen LogP contribution in [0.4, 0.5) is 11.6 Å². The van der Waals surface area contributed by atoms with Crippen LogP contribution in [0.1, 0.15) is 20.8 Å². The molecule has 1 aromatic rings. The molecule has 1 heterocycles. The summed E-state index contributed by atoms with van der Waals surface area (Å²) in [6, 6.07) is 0. The van der Waals surface area contributed by atoms with Crippen molar-refractivity contribution in [2.24, 2.45) is 5.92 Å². The molecule has 6 nitrogen and oxygen atoms in total. The molecule has 0 fully saturated rings. The van der Waals surface area contributed by atoms with Gasteiger partial charge in [-0.05, 0) is 28.8 Å². The van der Waals surface area contributed by atoms with Crippen molar-refractivity contribution in [3.8, 4) is 0 Å². The number of carbonyl (C=O) groups excluding carboxylic acids is 1. The summed E-state index contributed by atoms with van der Waals surface area (Å²) in [5.74, 6) is 1.84. The molecule has 0 unspecified atom stereocenters. The van der Waals surface area contributed by atoms with Crippen molar-refractivity contribution in [2.45, 2.75) is 20.8 Å². The van der Waals surface area contributed by atoms with Crippen molar-refractivity contribution >= 4 is 33.5 Å². The molecule has 0 saturated carbocycles. The third-order valence-corrected chi connectivity index (χ3v) is 3.30. The molecule has 7 heteroatoms. The number of likely N-dealkylation sites (N-methyl/N-ethyl adjacent to an activating group) is 1. The maximum Gasteiger partial charge on any atom is 0.239 e. The molecule has 0 spiro atoms. The Labute approximate surface area is 128 Å². The largest absolute Gasteiger partial charge is 0.369 e. The Balaban J connectivity index is 2.69. The molecular weight excluding hydrogens is 322 g/mol. The molecular formula is C13H22BrN5O. The van der Waals surface area contributed by atoms with E-state index in [-0.39, 0.29) is 12.5 Å². The molecule has 20 heavy (non-hydrogen) atoms. The maximum atomic E-state index is 11.8. The Hall–Kier alpha value is -1.37. The van der Waals surface area contributed by atoms with Crippen LogP contribution < -0.4 is 15.5 Å². The third kappa shape index (κ3) is 4.96. The van der Waals surface area contributed by atoms with Crippen LogP contribution in [-0.4, -0.2) is 42.6 Å². The van der Waals surface area contributed by atoms with Gasteiger partial charge in [-0.15, -0.1) is 0 Å². The van der Waals surface area contributed by atoms with E-state index in [0.29, 0.717) is 18.3 Å². The summed E-state index contributed by atoms with van der Waals surface area (Å²) in [5.41, 5.74) is 0. The highest BCUT2D eigenvalue weighted by molar-refractivity contribution is 9.10. The molecule has 0 aliphatic heterocycles. The van der Waals surface area contributed by atoms with E-state index in [9.17, 15) is 4.79 Å². The van der Waals surface area contributed by atoms with Gasteiger partial charge in [-0.3, -0.25) is 4.79 Å². The number of rotatable bonds is 7. The van der Waals surface area contributed by atoms with Crippen LogP contribution in [0.5, 0.6) is 0 Å². The van der Waals surface area contributed by atoms with Crippen LogP contribution in [0, 0.1) is 5.92 Å². The molecule has 1 amide bonds. The van der Waals surface area contributed by atoms with Crippen molar-refractivity contribution in [3.63, 3.8) is 0 Å². The number of carbonyl (C=O) groups is 1. The smallest absolute Gasteiger partial charge is 0.239 e. The first kappa shape index (κ1) is 16.7. The molecule has 0 aliphatic carbocycles. The minimum absolute atomic E-state index is 0.0169. The van der Waals surface area contributed by atoms with Gasteiger partial charge in [0.15, 0.2) is 0 Å². The highest BCUT2D eigenvalue weighted by atomic mass is 79.9.